The molecule has 0 radical (unpaired) electrons. The second-order valence-electron chi connectivity index (χ2n) is 3.67. The van der Waals surface area contributed by atoms with Gasteiger partial charge in [-0.3, -0.25) is 0 Å². The van der Waals surface area contributed by atoms with Crippen LogP contribution >= 0.6 is 23.1 Å². The Morgan fingerprint density at radius 3 is 3.11 bits per heavy atom. The molecule has 2 heterocycles. The molecule has 18 heavy (non-hydrogen) atoms. The zero-order valence-electron chi connectivity index (χ0n) is 10.5. The van der Waals surface area contributed by atoms with Gasteiger partial charge in [-0.05, 0) is 23.9 Å². The fraction of sp³-hybridized carbons (Fsp3) is 0.600. The molecule has 0 bridgehead atoms. The van der Waals surface area contributed by atoms with Crippen molar-refractivity contribution >= 4 is 23.1 Å². The van der Waals surface area contributed by atoms with Crippen LogP contribution in [0.3, 0.4) is 0 Å². The van der Waals surface area contributed by atoms with Crippen LogP contribution in [0.1, 0.15) is 16.8 Å². The van der Waals surface area contributed by atoms with Gasteiger partial charge in [0, 0.05) is 23.4 Å². The molecule has 98 valence electrons. The minimum Gasteiger partial charge on any atom is -0.315 e. The van der Waals surface area contributed by atoms with Crippen LogP contribution in [0.2, 0.25) is 0 Å². The van der Waals surface area contributed by atoms with Gasteiger partial charge in [0.25, 0.3) is 0 Å². The molecule has 8 heteroatoms. The molecule has 2 aromatic rings. The van der Waals surface area contributed by atoms with Gasteiger partial charge in [-0.2, -0.15) is 0 Å². The molecule has 0 saturated heterocycles. The third-order valence-corrected chi connectivity index (χ3v) is 4.36. The summed E-state index contributed by atoms with van der Waals surface area (Å²) in [4.78, 5) is 5.49. The Hall–Kier alpha value is -0.990. The van der Waals surface area contributed by atoms with Crippen LogP contribution in [0, 0.1) is 6.92 Å². The van der Waals surface area contributed by atoms with Gasteiger partial charge in [-0.25, -0.2) is 9.67 Å². The lowest BCUT2D eigenvalue weighted by Gasteiger charge is -2.03. The van der Waals surface area contributed by atoms with Gasteiger partial charge < -0.3 is 5.32 Å². The molecule has 0 saturated carbocycles. The highest BCUT2D eigenvalue weighted by Crippen LogP contribution is 2.23. The average molecular weight is 284 g/mol. The summed E-state index contributed by atoms with van der Waals surface area (Å²) in [6.07, 6.45) is 1.92. The number of rotatable bonds is 7. The highest BCUT2D eigenvalue weighted by molar-refractivity contribution is 7.98. The van der Waals surface area contributed by atoms with Crippen LogP contribution in [0.15, 0.2) is 11.4 Å². The van der Waals surface area contributed by atoms with E-state index in [-0.39, 0.29) is 0 Å². The van der Waals surface area contributed by atoms with Crippen LogP contribution in [0.4, 0.5) is 0 Å². The maximum Gasteiger partial charge on any atom is 0.209 e. The molecule has 0 aliphatic heterocycles. The van der Waals surface area contributed by atoms with Crippen molar-refractivity contribution in [1.82, 2.24) is 30.5 Å². The number of hydrogen-bond donors (Lipinski definition) is 1. The summed E-state index contributed by atoms with van der Waals surface area (Å²) < 4.78 is 1.83. The smallest absolute Gasteiger partial charge is 0.209 e. The topological polar surface area (TPSA) is 68.5 Å². The van der Waals surface area contributed by atoms with Gasteiger partial charge in [0.05, 0.1) is 11.6 Å². The van der Waals surface area contributed by atoms with E-state index in [9.17, 15) is 0 Å². The van der Waals surface area contributed by atoms with Crippen LogP contribution in [0.25, 0.3) is 0 Å². The molecule has 0 atom stereocenters. The summed E-state index contributed by atoms with van der Waals surface area (Å²) in [5.74, 6) is 0.868. The van der Waals surface area contributed by atoms with Crippen LogP contribution in [-0.4, -0.2) is 38.3 Å². The molecular weight excluding hydrogens is 268 g/mol. The van der Waals surface area contributed by atoms with E-state index in [4.69, 9.17) is 0 Å². The van der Waals surface area contributed by atoms with Crippen molar-refractivity contribution in [2.24, 2.45) is 0 Å². The normalized spacial score (nSPS) is 11.0. The molecule has 0 aliphatic carbocycles. The highest BCUT2D eigenvalue weighted by Gasteiger charge is 2.07. The van der Waals surface area contributed by atoms with Crippen molar-refractivity contribution in [2.75, 3.05) is 13.1 Å². The maximum absolute atomic E-state index is 4.24. The van der Waals surface area contributed by atoms with Crippen molar-refractivity contribution in [2.45, 2.75) is 31.3 Å². The third kappa shape index (κ3) is 3.76. The quantitative estimate of drug-likeness (QED) is 0.611. The Balaban J connectivity index is 1.87. The zero-order valence-corrected chi connectivity index (χ0v) is 12.1. The Kier molecular flexibility index (Phi) is 5.09. The van der Waals surface area contributed by atoms with Gasteiger partial charge in [0.15, 0.2) is 0 Å². The number of aromatic nitrogens is 5. The summed E-state index contributed by atoms with van der Waals surface area (Å²) in [5.41, 5.74) is 0. The van der Waals surface area contributed by atoms with E-state index in [2.05, 4.69) is 32.7 Å². The number of thioether (sulfide) groups is 1. The Morgan fingerprint density at radius 2 is 2.39 bits per heavy atom. The number of likely N-dealkylation sites (N-methyl/N-ethyl adjacent to an activating group) is 1. The average Bonchev–Trinajstić information content (AvgIpc) is 2.96. The molecule has 0 fully saturated rings. The molecule has 0 spiro atoms. The second kappa shape index (κ2) is 6.81. The molecule has 1 N–H and O–H groups in total. The molecule has 0 amide bonds. The first kappa shape index (κ1) is 13.4. The van der Waals surface area contributed by atoms with Crippen molar-refractivity contribution in [3.05, 3.63) is 16.1 Å². The summed E-state index contributed by atoms with van der Waals surface area (Å²) >= 11 is 3.36. The maximum atomic E-state index is 4.24. The lowest BCUT2D eigenvalue weighted by atomic mass is 10.6. The lowest BCUT2D eigenvalue weighted by Crippen LogP contribution is -2.20. The molecule has 2 aromatic heterocycles. The zero-order chi connectivity index (χ0) is 12.8. The van der Waals surface area contributed by atoms with E-state index in [1.807, 2.05) is 17.8 Å². The number of tetrazole rings is 1. The molecule has 2 rings (SSSR count). The van der Waals surface area contributed by atoms with Gasteiger partial charge in [-0.1, -0.05) is 18.7 Å². The first-order chi connectivity index (χ1) is 8.79. The molecule has 6 nitrogen and oxygen atoms in total. The summed E-state index contributed by atoms with van der Waals surface area (Å²) in [5, 5.41) is 17.0. The molecule has 0 aliphatic rings. The Bertz CT molecular complexity index is 480. The minimum absolute atomic E-state index is 0.797. The SMILES string of the molecule is CCNCCn1nnnc1SCc1cnc(C)s1. The number of nitrogens with one attached hydrogen (secondary N) is 1. The summed E-state index contributed by atoms with van der Waals surface area (Å²) in [7, 11) is 0. The van der Waals surface area contributed by atoms with Gasteiger partial charge in [0.1, 0.15) is 0 Å². The number of nitrogens with zero attached hydrogens (tertiary/aromatic N) is 5. The molecule has 0 aromatic carbocycles. The van der Waals surface area contributed by atoms with E-state index < -0.39 is 0 Å². The fourth-order valence-corrected chi connectivity index (χ4v) is 3.13. The fourth-order valence-electron chi connectivity index (χ4n) is 1.41. The van der Waals surface area contributed by atoms with E-state index in [1.54, 1.807) is 23.1 Å². The van der Waals surface area contributed by atoms with E-state index >= 15 is 0 Å². The largest absolute Gasteiger partial charge is 0.315 e. The first-order valence-corrected chi connectivity index (χ1v) is 7.60. The second-order valence-corrected chi connectivity index (χ2v) is 5.93. The van der Waals surface area contributed by atoms with Crippen molar-refractivity contribution in [3.63, 3.8) is 0 Å². The van der Waals surface area contributed by atoms with Gasteiger partial charge in [0.2, 0.25) is 5.16 Å². The summed E-state index contributed by atoms with van der Waals surface area (Å²) in [6, 6.07) is 0. The molecule has 0 unspecified atom stereocenters. The number of aryl methyl sites for hydroxylation is 1. The number of hydrogen-bond acceptors (Lipinski definition) is 7. The Morgan fingerprint density at radius 1 is 1.50 bits per heavy atom. The van der Waals surface area contributed by atoms with Crippen molar-refractivity contribution in [3.8, 4) is 0 Å². The Labute approximate surface area is 114 Å². The van der Waals surface area contributed by atoms with Crippen LogP contribution in [0.5, 0.6) is 0 Å². The first-order valence-electron chi connectivity index (χ1n) is 5.80. The predicted octanol–water partition coefficient (Wildman–Crippen LogP) is 1.34. The van der Waals surface area contributed by atoms with E-state index in [1.165, 1.54) is 4.88 Å². The minimum atomic E-state index is 0.797. The molecular formula is C10H16N6S2. The third-order valence-electron chi connectivity index (χ3n) is 2.26. The predicted molar refractivity (Wildman–Crippen MR) is 72.8 cm³/mol. The van der Waals surface area contributed by atoms with E-state index in [0.29, 0.717) is 0 Å². The van der Waals surface area contributed by atoms with Crippen molar-refractivity contribution in [1.29, 1.82) is 0 Å². The van der Waals surface area contributed by atoms with Crippen LogP contribution in [-0.2, 0) is 12.3 Å². The monoisotopic (exact) mass is 284 g/mol. The highest BCUT2D eigenvalue weighted by atomic mass is 32.2. The number of thiazole rings is 1. The van der Waals surface area contributed by atoms with Crippen molar-refractivity contribution < 1.29 is 0 Å². The summed E-state index contributed by atoms with van der Waals surface area (Å²) in [6.45, 7) is 6.74. The lowest BCUT2D eigenvalue weighted by molar-refractivity contribution is 0.517. The van der Waals surface area contributed by atoms with Gasteiger partial charge in [-0.15, -0.1) is 16.4 Å². The standard InChI is InChI=1S/C10H16N6S2/c1-3-11-4-5-16-10(13-14-15-16)17-7-9-6-12-8(2)18-9/h6,11H,3-5,7H2,1-2H3. The van der Waals surface area contributed by atoms with Gasteiger partial charge >= 0.3 is 0 Å². The van der Waals surface area contributed by atoms with Crippen LogP contribution < -0.4 is 5.32 Å². The van der Waals surface area contributed by atoms with E-state index in [0.717, 1.165) is 35.6 Å².